The number of carbonyl (C=O) groups is 1. The number of carboxylic acids is 1. The van der Waals surface area contributed by atoms with Gasteiger partial charge in [-0.2, -0.15) is 0 Å². The highest BCUT2D eigenvalue weighted by molar-refractivity contribution is 5.73. The molecule has 0 radical (unpaired) electrons. The highest BCUT2D eigenvalue weighted by Gasteiger charge is 2.50. The SMILES string of the molecule is COC1=C([N+](=O)[O-])C=C(C)C1(C)C1=CCC(C(=O)O)O1. The predicted molar refractivity (Wildman–Crippen MR) is 68.1 cm³/mol. The van der Waals surface area contributed by atoms with Gasteiger partial charge in [-0.1, -0.05) is 0 Å². The van der Waals surface area contributed by atoms with Crippen molar-refractivity contribution in [2.45, 2.75) is 26.4 Å². The number of carboxylic acid groups (broad SMARTS) is 1. The Morgan fingerprint density at radius 3 is 2.75 bits per heavy atom. The molecule has 7 nitrogen and oxygen atoms in total. The van der Waals surface area contributed by atoms with Gasteiger partial charge in [-0.05, 0) is 25.5 Å². The van der Waals surface area contributed by atoms with Crippen molar-refractivity contribution in [3.8, 4) is 0 Å². The molecule has 2 aliphatic rings. The number of ether oxygens (including phenoxy) is 2. The Morgan fingerprint density at radius 2 is 2.30 bits per heavy atom. The number of nitro groups is 1. The first kappa shape index (κ1) is 14.1. The van der Waals surface area contributed by atoms with Crippen molar-refractivity contribution in [1.82, 2.24) is 0 Å². The smallest absolute Gasteiger partial charge is 0.345 e. The minimum Gasteiger partial charge on any atom is -0.493 e. The molecular weight excluding hydrogens is 266 g/mol. The highest BCUT2D eigenvalue weighted by Crippen LogP contribution is 2.50. The van der Waals surface area contributed by atoms with Crippen LogP contribution >= 0.6 is 0 Å². The zero-order valence-electron chi connectivity index (χ0n) is 11.4. The number of aliphatic carboxylic acids is 1. The lowest BCUT2D eigenvalue weighted by Crippen LogP contribution is -2.27. The standard InChI is InChI=1S/C13H15NO6/c1-7-6-8(14(17)18)11(19-3)13(7,2)10-5-4-9(20-10)12(15)16/h5-6,9H,4H2,1-3H3,(H,15,16). The van der Waals surface area contributed by atoms with Crippen LogP contribution in [-0.2, 0) is 14.3 Å². The number of rotatable bonds is 4. The van der Waals surface area contributed by atoms with Gasteiger partial charge in [0.15, 0.2) is 11.9 Å². The quantitative estimate of drug-likeness (QED) is 0.623. The molecule has 2 unspecified atom stereocenters. The van der Waals surface area contributed by atoms with Crippen LogP contribution < -0.4 is 0 Å². The second-order valence-corrected chi connectivity index (χ2v) is 4.88. The number of allylic oxidation sites excluding steroid dienone is 1. The lowest BCUT2D eigenvalue weighted by Gasteiger charge is -2.29. The molecule has 0 saturated heterocycles. The van der Waals surface area contributed by atoms with Crippen LogP contribution in [0.2, 0.25) is 0 Å². The normalized spacial score (nSPS) is 28.9. The zero-order chi connectivity index (χ0) is 15.1. The molecule has 20 heavy (non-hydrogen) atoms. The molecule has 0 amide bonds. The van der Waals surface area contributed by atoms with Crippen molar-refractivity contribution in [2.24, 2.45) is 5.41 Å². The van der Waals surface area contributed by atoms with Crippen LogP contribution in [0.4, 0.5) is 0 Å². The van der Waals surface area contributed by atoms with Gasteiger partial charge >= 0.3 is 11.7 Å². The zero-order valence-corrected chi connectivity index (χ0v) is 11.4. The fourth-order valence-electron chi connectivity index (χ4n) is 2.54. The Labute approximate surface area is 115 Å². The monoisotopic (exact) mass is 281 g/mol. The van der Waals surface area contributed by atoms with Crippen LogP contribution in [0.15, 0.2) is 34.9 Å². The third kappa shape index (κ3) is 1.86. The second kappa shape index (κ2) is 4.66. The van der Waals surface area contributed by atoms with Crippen LogP contribution in [0.5, 0.6) is 0 Å². The topological polar surface area (TPSA) is 98.9 Å². The van der Waals surface area contributed by atoms with Crippen molar-refractivity contribution in [1.29, 1.82) is 0 Å². The van der Waals surface area contributed by atoms with E-state index in [1.807, 2.05) is 0 Å². The van der Waals surface area contributed by atoms with Gasteiger partial charge in [0.1, 0.15) is 11.2 Å². The van der Waals surface area contributed by atoms with E-state index in [9.17, 15) is 14.9 Å². The summed E-state index contributed by atoms with van der Waals surface area (Å²) >= 11 is 0. The summed E-state index contributed by atoms with van der Waals surface area (Å²) in [4.78, 5) is 21.5. The van der Waals surface area contributed by atoms with E-state index in [4.69, 9.17) is 14.6 Å². The second-order valence-electron chi connectivity index (χ2n) is 4.88. The van der Waals surface area contributed by atoms with Gasteiger partial charge in [-0.25, -0.2) is 4.79 Å². The molecule has 0 aromatic heterocycles. The number of methoxy groups -OCH3 is 1. The van der Waals surface area contributed by atoms with Crippen LogP contribution in [0.1, 0.15) is 20.3 Å². The van der Waals surface area contributed by atoms with Gasteiger partial charge in [-0.3, -0.25) is 10.1 Å². The Morgan fingerprint density at radius 1 is 1.65 bits per heavy atom. The molecule has 108 valence electrons. The molecular formula is C13H15NO6. The van der Waals surface area contributed by atoms with E-state index >= 15 is 0 Å². The summed E-state index contributed by atoms with van der Waals surface area (Å²) in [7, 11) is 1.35. The van der Waals surface area contributed by atoms with Gasteiger partial charge in [0.05, 0.1) is 12.0 Å². The van der Waals surface area contributed by atoms with E-state index in [0.29, 0.717) is 11.3 Å². The average molecular weight is 281 g/mol. The summed E-state index contributed by atoms with van der Waals surface area (Å²) in [6, 6.07) is 0. The molecule has 2 rings (SSSR count). The molecule has 0 spiro atoms. The first-order chi connectivity index (χ1) is 9.32. The van der Waals surface area contributed by atoms with E-state index in [1.165, 1.54) is 13.2 Å². The van der Waals surface area contributed by atoms with Crippen LogP contribution in [0.3, 0.4) is 0 Å². The molecule has 0 bridgehead atoms. The van der Waals surface area contributed by atoms with Gasteiger partial charge in [0, 0.05) is 12.5 Å². The van der Waals surface area contributed by atoms with Gasteiger partial charge < -0.3 is 14.6 Å². The van der Waals surface area contributed by atoms with Crippen molar-refractivity contribution in [3.05, 3.63) is 45.1 Å². The summed E-state index contributed by atoms with van der Waals surface area (Å²) in [5.74, 6) is -0.512. The maximum atomic E-state index is 11.1. The fourth-order valence-corrected chi connectivity index (χ4v) is 2.54. The molecule has 0 aromatic carbocycles. The fraction of sp³-hybridized carbons (Fsp3) is 0.462. The van der Waals surface area contributed by atoms with E-state index in [1.54, 1.807) is 19.9 Å². The summed E-state index contributed by atoms with van der Waals surface area (Å²) in [6.07, 6.45) is 2.36. The lowest BCUT2D eigenvalue weighted by atomic mass is 9.81. The van der Waals surface area contributed by atoms with E-state index in [0.717, 1.165) is 0 Å². The van der Waals surface area contributed by atoms with Crippen LogP contribution in [0.25, 0.3) is 0 Å². The van der Waals surface area contributed by atoms with E-state index in [2.05, 4.69) is 0 Å². The first-order valence-corrected chi connectivity index (χ1v) is 6.04. The molecule has 2 atom stereocenters. The van der Waals surface area contributed by atoms with Crippen molar-refractivity contribution in [2.75, 3.05) is 7.11 Å². The number of hydrogen-bond acceptors (Lipinski definition) is 5. The van der Waals surface area contributed by atoms with Crippen LogP contribution in [-0.4, -0.2) is 29.2 Å². The summed E-state index contributed by atoms with van der Waals surface area (Å²) in [5.41, 5.74) is -0.379. The minimum atomic E-state index is -1.06. The van der Waals surface area contributed by atoms with Crippen molar-refractivity contribution in [3.63, 3.8) is 0 Å². The molecule has 1 aliphatic heterocycles. The predicted octanol–water partition coefficient (Wildman–Crippen LogP) is 1.84. The number of hydrogen-bond donors (Lipinski definition) is 1. The Balaban J connectivity index is 2.42. The summed E-state index contributed by atoms with van der Waals surface area (Å²) in [5, 5.41) is 20.0. The molecule has 0 fully saturated rings. The van der Waals surface area contributed by atoms with Crippen molar-refractivity contribution < 1.29 is 24.3 Å². The lowest BCUT2D eigenvalue weighted by molar-refractivity contribution is -0.422. The summed E-state index contributed by atoms with van der Waals surface area (Å²) < 4.78 is 10.6. The van der Waals surface area contributed by atoms with Gasteiger partial charge in [0.25, 0.3) is 0 Å². The first-order valence-electron chi connectivity index (χ1n) is 6.04. The minimum absolute atomic E-state index is 0.129. The molecule has 1 heterocycles. The molecule has 1 N–H and O–H groups in total. The summed E-state index contributed by atoms with van der Waals surface area (Å²) in [6.45, 7) is 3.46. The third-order valence-electron chi connectivity index (χ3n) is 3.78. The van der Waals surface area contributed by atoms with Crippen LogP contribution in [0, 0.1) is 15.5 Å². The highest BCUT2D eigenvalue weighted by atomic mass is 16.6. The maximum absolute atomic E-state index is 11.1. The molecule has 7 heteroatoms. The Kier molecular flexibility index (Phi) is 3.29. The average Bonchev–Trinajstić information content (AvgIpc) is 2.95. The van der Waals surface area contributed by atoms with E-state index < -0.39 is 22.4 Å². The molecule has 0 saturated carbocycles. The number of nitrogens with zero attached hydrogens (tertiary/aromatic N) is 1. The third-order valence-corrected chi connectivity index (χ3v) is 3.78. The van der Waals surface area contributed by atoms with Gasteiger partial charge in [0.2, 0.25) is 0 Å². The Hall–Kier alpha value is -2.31. The molecule has 1 aliphatic carbocycles. The van der Waals surface area contributed by atoms with E-state index in [-0.39, 0.29) is 17.9 Å². The van der Waals surface area contributed by atoms with Gasteiger partial charge in [-0.15, -0.1) is 0 Å². The molecule has 0 aromatic rings. The largest absolute Gasteiger partial charge is 0.493 e. The maximum Gasteiger partial charge on any atom is 0.345 e. The Bertz CT molecular complexity index is 573. The van der Waals surface area contributed by atoms with Crippen molar-refractivity contribution >= 4 is 5.97 Å².